The summed E-state index contributed by atoms with van der Waals surface area (Å²) in [6.45, 7) is 9.37. The van der Waals surface area contributed by atoms with Crippen molar-refractivity contribution in [3.63, 3.8) is 0 Å². The van der Waals surface area contributed by atoms with E-state index in [9.17, 15) is 18.5 Å². The van der Waals surface area contributed by atoms with Crippen molar-refractivity contribution in [3.8, 4) is 6.07 Å². The topological polar surface area (TPSA) is 126 Å². The van der Waals surface area contributed by atoms with Gasteiger partial charge in [-0.2, -0.15) is 5.26 Å². The van der Waals surface area contributed by atoms with E-state index in [2.05, 4.69) is 12.6 Å². The molecular weight excluding hydrogens is 468 g/mol. The van der Waals surface area contributed by atoms with E-state index in [1.165, 1.54) is 12.5 Å². The van der Waals surface area contributed by atoms with E-state index in [4.69, 9.17) is 15.2 Å². The SMILES string of the molecule is C=C(/C=C(OC1CCN(C(=O)OC(C)C)CC1)\C(C#N)=C/N)N1CCc2cc(S(C)(=O)=O)ccc21. The largest absolute Gasteiger partial charge is 0.489 e. The third kappa shape index (κ3) is 6.36. The van der Waals surface area contributed by atoms with Crippen LogP contribution in [0.1, 0.15) is 32.3 Å². The Hall–Kier alpha value is -3.45. The molecule has 188 valence electrons. The summed E-state index contributed by atoms with van der Waals surface area (Å²) in [5.74, 6) is 0.310. The number of hydrogen-bond acceptors (Lipinski definition) is 8. The Morgan fingerprint density at radius 1 is 1.29 bits per heavy atom. The van der Waals surface area contributed by atoms with Crippen LogP contribution in [0, 0.1) is 11.3 Å². The highest BCUT2D eigenvalue weighted by Crippen LogP contribution is 2.33. The number of allylic oxidation sites excluding steroid dienone is 2. The molecule has 0 aliphatic carbocycles. The molecule has 3 rings (SSSR count). The predicted octanol–water partition coefficient (Wildman–Crippen LogP) is 3.24. The average Bonchev–Trinajstić information content (AvgIpc) is 3.23. The molecule has 2 aliphatic rings. The second kappa shape index (κ2) is 10.9. The Morgan fingerprint density at radius 3 is 2.54 bits per heavy atom. The first-order chi connectivity index (χ1) is 16.5. The molecule has 1 fully saturated rings. The highest BCUT2D eigenvalue weighted by atomic mass is 32.2. The van der Waals surface area contributed by atoms with Crippen molar-refractivity contribution in [2.45, 2.75) is 50.2 Å². The van der Waals surface area contributed by atoms with Crippen LogP contribution in [-0.2, 0) is 25.7 Å². The number of ether oxygens (including phenoxy) is 2. The first-order valence-corrected chi connectivity index (χ1v) is 13.4. The van der Waals surface area contributed by atoms with Crippen LogP contribution in [0.2, 0.25) is 0 Å². The lowest BCUT2D eigenvalue weighted by molar-refractivity contribution is 0.0338. The zero-order chi connectivity index (χ0) is 25.8. The normalized spacial score (nSPS) is 17.2. The minimum atomic E-state index is -3.29. The van der Waals surface area contributed by atoms with Gasteiger partial charge in [-0.15, -0.1) is 0 Å². The molecule has 0 aromatic heterocycles. The van der Waals surface area contributed by atoms with E-state index in [1.54, 1.807) is 29.2 Å². The van der Waals surface area contributed by atoms with Gasteiger partial charge in [-0.1, -0.05) is 6.58 Å². The molecule has 1 aromatic rings. The molecule has 2 aliphatic heterocycles. The van der Waals surface area contributed by atoms with Gasteiger partial charge in [0.05, 0.1) is 11.0 Å². The molecule has 2 heterocycles. The van der Waals surface area contributed by atoms with Gasteiger partial charge in [0, 0.05) is 62.4 Å². The van der Waals surface area contributed by atoms with E-state index in [1.807, 2.05) is 18.7 Å². The van der Waals surface area contributed by atoms with Gasteiger partial charge in [-0.25, -0.2) is 13.2 Å². The van der Waals surface area contributed by atoms with Gasteiger partial charge in [-0.3, -0.25) is 0 Å². The van der Waals surface area contributed by atoms with Gasteiger partial charge in [-0.05, 0) is 44.0 Å². The van der Waals surface area contributed by atoms with E-state index in [-0.39, 0.29) is 28.8 Å². The molecule has 0 radical (unpaired) electrons. The van der Waals surface area contributed by atoms with Crippen LogP contribution >= 0.6 is 0 Å². The summed E-state index contributed by atoms with van der Waals surface area (Å²) < 4.78 is 35.2. The second-order valence-electron chi connectivity index (χ2n) is 8.89. The van der Waals surface area contributed by atoms with Crippen molar-refractivity contribution < 1.29 is 22.7 Å². The number of likely N-dealkylation sites (tertiary alicyclic amines) is 1. The van der Waals surface area contributed by atoms with E-state index in [0.717, 1.165) is 11.3 Å². The molecular formula is C25H32N4O5S. The van der Waals surface area contributed by atoms with Crippen LogP contribution < -0.4 is 10.6 Å². The van der Waals surface area contributed by atoms with Crippen molar-refractivity contribution >= 4 is 21.6 Å². The minimum absolute atomic E-state index is 0.180. The van der Waals surface area contributed by atoms with Crippen molar-refractivity contribution in [1.29, 1.82) is 5.26 Å². The highest BCUT2D eigenvalue weighted by Gasteiger charge is 2.27. The van der Waals surface area contributed by atoms with Gasteiger partial charge in [0.25, 0.3) is 0 Å². The van der Waals surface area contributed by atoms with E-state index < -0.39 is 9.84 Å². The van der Waals surface area contributed by atoms with Gasteiger partial charge < -0.3 is 25.0 Å². The van der Waals surface area contributed by atoms with Crippen molar-refractivity contribution in [1.82, 2.24) is 4.90 Å². The summed E-state index contributed by atoms with van der Waals surface area (Å²) in [6.07, 6.45) is 5.18. The Bertz CT molecular complexity index is 1190. The molecule has 2 N–H and O–H groups in total. The maximum absolute atomic E-state index is 12.1. The number of nitriles is 1. The maximum Gasteiger partial charge on any atom is 0.410 e. The van der Waals surface area contributed by atoms with Crippen molar-refractivity contribution in [2.75, 3.05) is 30.8 Å². The molecule has 0 atom stereocenters. The summed E-state index contributed by atoms with van der Waals surface area (Å²) in [5, 5.41) is 9.58. The Morgan fingerprint density at radius 2 is 1.97 bits per heavy atom. The summed E-state index contributed by atoms with van der Waals surface area (Å²) in [7, 11) is -3.29. The second-order valence-corrected chi connectivity index (χ2v) is 10.9. The van der Waals surface area contributed by atoms with Gasteiger partial charge in [0.1, 0.15) is 23.5 Å². The number of nitrogens with two attached hydrogens (primary N) is 1. The van der Waals surface area contributed by atoms with Gasteiger partial charge in [0.15, 0.2) is 9.84 Å². The minimum Gasteiger partial charge on any atom is -0.489 e. The number of piperidine rings is 1. The number of sulfone groups is 1. The predicted molar refractivity (Wildman–Crippen MR) is 133 cm³/mol. The zero-order valence-electron chi connectivity index (χ0n) is 20.4. The first kappa shape index (κ1) is 26.2. The molecule has 0 bridgehead atoms. The van der Waals surface area contributed by atoms with Crippen LogP contribution in [0.4, 0.5) is 10.5 Å². The molecule has 1 saturated heterocycles. The number of carbonyl (C=O) groups excluding carboxylic acids is 1. The number of anilines is 1. The smallest absolute Gasteiger partial charge is 0.410 e. The fourth-order valence-electron chi connectivity index (χ4n) is 4.10. The van der Waals surface area contributed by atoms with E-state index >= 15 is 0 Å². The Labute approximate surface area is 207 Å². The summed E-state index contributed by atoms with van der Waals surface area (Å²) >= 11 is 0. The Kier molecular flexibility index (Phi) is 8.12. The Balaban J connectivity index is 1.74. The number of fused-ring (bicyclic) bond motifs is 1. The van der Waals surface area contributed by atoms with Crippen LogP contribution in [0.3, 0.4) is 0 Å². The number of nitrogens with zero attached hydrogens (tertiary/aromatic N) is 3. The highest BCUT2D eigenvalue weighted by molar-refractivity contribution is 7.90. The number of hydrogen-bond donors (Lipinski definition) is 1. The molecule has 10 heteroatoms. The number of amides is 1. The summed E-state index contributed by atoms with van der Waals surface area (Å²) in [6, 6.07) is 7.11. The van der Waals surface area contributed by atoms with Crippen LogP contribution in [0.5, 0.6) is 0 Å². The maximum atomic E-state index is 12.1. The number of benzene rings is 1. The van der Waals surface area contributed by atoms with Gasteiger partial charge >= 0.3 is 6.09 Å². The molecule has 0 saturated carbocycles. The molecule has 1 aromatic carbocycles. The monoisotopic (exact) mass is 500 g/mol. The lowest BCUT2D eigenvalue weighted by Crippen LogP contribution is -2.41. The fraction of sp³-hybridized carbons (Fsp3) is 0.440. The number of rotatable bonds is 7. The lowest BCUT2D eigenvalue weighted by Gasteiger charge is -2.32. The first-order valence-electron chi connectivity index (χ1n) is 11.5. The third-order valence-corrected chi connectivity index (χ3v) is 7.01. The van der Waals surface area contributed by atoms with Crippen molar-refractivity contribution in [2.24, 2.45) is 5.73 Å². The van der Waals surface area contributed by atoms with Crippen LogP contribution in [0.15, 0.2) is 59.0 Å². The number of carbonyl (C=O) groups is 1. The summed E-state index contributed by atoms with van der Waals surface area (Å²) in [5.41, 5.74) is 8.24. The molecule has 35 heavy (non-hydrogen) atoms. The molecule has 1 amide bonds. The molecule has 9 nitrogen and oxygen atoms in total. The lowest BCUT2D eigenvalue weighted by atomic mass is 10.1. The summed E-state index contributed by atoms with van der Waals surface area (Å²) in [4.78, 5) is 16.0. The van der Waals surface area contributed by atoms with Crippen molar-refractivity contribution in [3.05, 3.63) is 59.6 Å². The van der Waals surface area contributed by atoms with Crippen LogP contribution in [-0.4, -0.2) is 57.5 Å². The zero-order valence-corrected chi connectivity index (χ0v) is 21.2. The van der Waals surface area contributed by atoms with Crippen LogP contribution in [0.25, 0.3) is 0 Å². The third-order valence-electron chi connectivity index (χ3n) is 5.90. The van der Waals surface area contributed by atoms with Gasteiger partial charge in [0.2, 0.25) is 0 Å². The van der Waals surface area contributed by atoms with E-state index in [0.29, 0.717) is 50.4 Å². The molecule has 0 unspecified atom stereocenters. The fourth-order valence-corrected chi connectivity index (χ4v) is 4.77. The average molecular weight is 501 g/mol. The quantitative estimate of drug-likeness (QED) is 0.344. The standard InChI is InChI=1S/C25H32N4O5S/c1-17(2)33-25(30)28-10-8-21(9-11-28)34-24(20(15-26)16-27)13-18(3)29-12-7-19-14-22(35(4,31)32)5-6-23(19)29/h5-6,13-15,17,21H,3,7-12,26H2,1-2,4H3/b20-15-,24-13+. The molecule has 0 spiro atoms.